The Morgan fingerprint density at radius 2 is 1.64 bits per heavy atom. The highest BCUT2D eigenvalue weighted by Gasteiger charge is 2.70. The Bertz CT molecular complexity index is 1380. The fourth-order valence-corrected chi connectivity index (χ4v) is 12.3. The first-order valence-corrected chi connectivity index (χ1v) is 17.6. The molecule has 45 heavy (non-hydrogen) atoms. The van der Waals surface area contributed by atoms with Crippen LogP contribution in [0.4, 0.5) is 0 Å². The van der Waals surface area contributed by atoms with Crippen molar-refractivity contribution in [1.82, 2.24) is 0 Å². The summed E-state index contributed by atoms with van der Waals surface area (Å²) in [6.07, 6.45) is 12.9. The number of esters is 1. The van der Waals surface area contributed by atoms with Crippen molar-refractivity contribution in [3.05, 3.63) is 53.6 Å². The summed E-state index contributed by atoms with van der Waals surface area (Å²) in [4.78, 5) is 26.2. The van der Waals surface area contributed by atoms with Crippen LogP contribution < -0.4 is 0 Å². The van der Waals surface area contributed by atoms with E-state index in [2.05, 4.69) is 54.5 Å². The topological polar surface area (TPSA) is 72.8 Å². The van der Waals surface area contributed by atoms with Crippen LogP contribution in [0.5, 0.6) is 0 Å². The quantitative estimate of drug-likeness (QED) is 0.203. The van der Waals surface area contributed by atoms with Crippen LogP contribution in [0.2, 0.25) is 0 Å². The van der Waals surface area contributed by atoms with Crippen LogP contribution in [0, 0.1) is 56.7 Å². The summed E-state index contributed by atoms with van der Waals surface area (Å²) in [5, 5.41) is 10.7. The van der Waals surface area contributed by atoms with E-state index in [0.717, 1.165) is 56.9 Å². The SMILES string of the molecule is CO[C@H]1C[C@@]2(C)C(CC[C@]3(C)C2CC=C2C4[C@@H](C)[C@H](C)CC[C@]4(C(=O)O)CC[C@]23C)C(C)(C)[C@@H]1OC(=O)C=Cc1ccccc1. The van der Waals surface area contributed by atoms with Gasteiger partial charge in [0.05, 0.1) is 11.5 Å². The van der Waals surface area contributed by atoms with Crippen LogP contribution in [-0.4, -0.2) is 36.4 Å². The molecule has 0 aliphatic heterocycles. The molecule has 5 aliphatic rings. The summed E-state index contributed by atoms with van der Waals surface area (Å²) in [6, 6.07) is 9.84. The first kappa shape index (κ1) is 32.5. The van der Waals surface area contributed by atoms with E-state index in [9.17, 15) is 14.7 Å². The predicted octanol–water partition coefficient (Wildman–Crippen LogP) is 8.98. The fraction of sp³-hybridized carbons (Fsp3) is 0.700. The zero-order chi connectivity index (χ0) is 32.6. The summed E-state index contributed by atoms with van der Waals surface area (Å²) < 4.78 is 12.5. The molecule has 5 aliphatic carbocycles. The number of carboxylic acid groups (broad SMARTS) is 1. The third kappa shape index (κ3) is 4.64. The molecule has 1 aromatic rings. The molecule has 1 N–H and O–H groups in total. The van der Waals surface area contributed by atoms with E-state index in [1.165, 1.54) is 5.57 Å². The van der Waals surface area contributed by atoms with Gasteiger partial charge < -0.3 is 14.6 Å². The third-order valence-corrected chi connectivity index (χ3v) is 15.0. The molecule has 5 nitrogen and oxygen atoms in total. The number of hydrogen-bond acceptors (Lipinski definition) is 4. The standard InChI is InChI=1S/C40H56O5/c1-25-18-21-40(35(42)43)23-22-38(6)28(33(40)26(25)2)15-16-31-37(5)24-29(44-8)34(36(3,4)30(37)19-20-39(31,38)7)45-32(41)17-14-27-12-10-9-11-13-27/h9-15,17,25-26,29-31,33-34H,16,18-24H2,1-8H3,(H,42,43)/t25-,26+,29+,30?,31?,33?,34-,37+,38-,39-,40+/m1/s1. The zero-order valence-corrected chi connectivity index (χ0v) is 28.9. The summed E-state index contributed by atoms with van der Waals surface area (Å²) in [7, 11) is 1.77. The van der Waals surface area contributed by atoms with E-state index < -0.39 is 11.4 Å². The molecule has 1 aromatic carbocycles. The number of hydrogen-bond donors (Lipinski definition) is 1. The number of benzene rings is 1. The van der Waals surface area contributed by atoms with Crippen molar-refractivity contribution in [3.63, 3.8) is 0 Å². The maximum Gasteiger partial charge on any atom is 0.331 e. The van der Waals surface area contributed by atoms with Crippen molar-refractivity contribution < 1.29 is 24.2 Å². The van der Waals surface area contributed by atoms with Crippen LogP contribution in [-0.2, 0) is 19.1 Å². The lowest BCUT2D eigenvalue weighted by atomic mass is 9.33. The van der Waals surface area contributed by atoms with Gasteiger partial charge in [0.25, 0.3) is 0 Å². The van der Waals surface area contributed by atoms with Gasteiger partial charge in [-0.25, -0.2) is 4.79 Å². The van der Waals surface area contributed by atoms with E-state index >= 15 is 0 Å². The monoisotopic (exact) mass is 616 g/mol. The summed E-state index contributed by atoms with van der Waals surface area (Å²) in [5.41, 5.74) is 1.57. The van der Waals surface area contributed by atoms with Crippen LogP contribution in [0.3, 0.4) is 0 Å². The number of aliphatic carboxylic acids is 1. The Morgan fingerprint density at radius 1 is 0.933 bits per heavy atom. The lowest BCUT2D eigenvalue weighted by molar-refractivity contribution is -0.242. The van der Waals surface area contributed by atoms with Crippen molar-refractivity contribution in [3.8, 4) is 0 Å². The highest BCUT2D eigenvalue weighted by Crippen LogP contribution is 2.76. The Hall–Kier alpha value is -2.40. The van der Waals surface area contributed by atoms with Crippen molar-refractivity contribution in [2.45, 2.75) is 112 Å². The molecule has 0 aromatic heterocycles. The lowest BCUT2D eigenvalue weighted by Gasteiger charge is -2.71. The highest BCUT2D eigenvalue weighted by molar-refractivity contribution is 5.87. The predicted molar refractivity (Wildman–Crippen MR) is 178 cm³/mol. The molecule has 0 spiro atoms. The molecular formula is C40H56O5. The molecule has 0 saturated heterocycles. The van der Waals surface area contributed by atoms with Gasteiger partial charge in [0.1, 0.15) is 6.10 Å². The number of fused-ring (bicyclic) bond motifs is 7. The van der Waals surface area contributed by atoms with E-state index in [0.29, 0.717) is 23.7 Å². The molecule has 246 valence electrons. The van der Waals surface area contributed by atoms with Crippen molar-refractivity contribution in [1.29, 1.82) is 0 Å². The summed E-state index contributed by atoms with van der Waals surface area (Å²) >= 11 is 0. The van der Waals surface area contributed by atoms with Crippen LogP contribution in [0.1, 0.15) is 105 Å². The van der Waals surface area contributed by atoms with Gasteiger partial charge in [-0.1, -0.05) is 90.4 Å². The number of rotatable bonds is 5. The smallest absolute Gasteiger partial charge is 0.331 e. The summed E-state index contributed by atoms with van der Waals surface area (Å²) in [6.45, 7) is 16.8. The largest absolute Gasteiger partial charge is 0.481 e. The van der Waals surface area contributed by atoms with E-state index in [4.69, 9.17) is 9.47 Å². The molecular weight excluding hydrogens is 560 g/mol. The molecule has 0 amide bonds. The molecule has 4 fully saturated rings. The molecule has 4 saturated carbocycles. The Labute approximate surface area is 271 Å². The van der Waals surface area contributed by atoms with Gasteiger partial charge in [-0.05, 0) is 109 Å². The minimum Gasteiger partial charge on any atom is -0.481 e. The van der Waals surface area contributed by atoms with E-state index in [-0.39, 0.29) is 45.8 Å². The Morgan fingerprint density at radius 3 is 2.31 bits per heavy atom. The normalized spacial score (nSPS) is 45.3. The minimum atomic E-state index is -0.623. The van der Waals surface area contributed by atoms with Gasteiger partial charge in [-0.3, -0.25) is 4.79 Å². The number of allylic oxidation sites excluding steroid dienone is 2. The van der Waals surface area contributed by atoms with Gasteiger partial charge in [0.15, 0.2) is 0 Å². The lowest BCUT2D eigenvalue weighted by Crippen LogP contribution is -2.67. The summed E-state index contributed by atoms with van der Waals surface area (Å²) in [5.74, 6) is 0.938. The second-order valence-electron chi connectivity index (χ2n) is 17.0. The first-order valence-electron chi connectivity index (χ1n) is 17.6. The van der Waals surface area contributed by atoms with E-state index in [1.54, 1.807) is 13.2 Å². The van der Waals surface area contributed by atoms with Crippen molar-refractivity contribution in [2.75, 3.05) is 7.11 Å². The highest BCUT2D eigenvalue weighted by atomic mass is 16.6. The number of carbonyl (C=O) groups is 2. The second kappa shape index (κ2) is 11.1. The first-order chi connectivity index (χ1) is 21.2. The van der Waals surface area contributed by atoms with Crippen LogP contribution >= 0.6 is 0 Å². The maximum atomic E-state index is 13.2. The van der Waals surface area contributed by atoms with Crippen LogP contribution in [0.25, 0.3) is 6.08 Å². The van der Waals surface area contributed by atoms with Crippen LogP contribution in [0.15, 0.2) is 48.1 Å². The number of methoxy groups -OCH3 is 1. The fourth-order valence-electron chi connectivity index (χ4n) is 12.3. The molecule has 11 atom stereocenters. The van der Waals surface area contributed by atoms with Gasteiger partial charge >= 0.3 is 11.9 Å². The Kier molecular flexibility index (Phi) is 8.03. The molecule has 6 rings (SSSR count). The minimum absolute atomic E-state index is 0.00217. The average Bonchev–Trinajstić information content (AvgIpc) is 2.99. The maximum absolute atomic E-state index is 13.2. The number of ether oxygens (including phenoxy) is 2. The average molecular weight is 617 g/mol. The Balaban J connectivity index is 1.33. The molecule has 5 heteroatoms. The van der Waals surface area contributed by atoms with Gasteiger partial charge in [0.2, 0.25) is 0 Å². The molecule has 0 bridgehead atoms. The van der Waals surface area contributed by atoms with Gasteiger partial charge in [-0.2, -0.15) is 0 Å². The molecule has 0 heterocycles. The zero-order valence-electron chi connectivity index (χ0n) is 28.9. The van der Waals surface area contributed by atoms with E-state index in [1.807, 2.05) is 36.4 Å². The van der Waals surface area contributed by atoms with Gasteiger partial charge in [-0.15, -0.1) is 0 Å². The van der Waals surface area contributed by atoms with Crippen molar-refractivity contribution >= 4 is 18.0 Å². The molecule has 3 unspecified atom stereocenters. The number of carboxylic acids is 1. The third-order valence-electron chi connectivity index (χ3n) is 15.0. The second-order valence-corrected chi connectivity index (χ2v) is 17.0. The number of carbonyl (C=O) groups excluding carboxylic acids is 1. The van der Waals surface area contributed by atoms with Crippen molar-refractivity contribution in [2.24, 2.45) is 56.7 Å². The molecule has 0 radical (unpaired) electrons. The van der Waals surface area contributed by atoms with Gasteiger partial charge in [0, 0.05) is 18.6 Å².